The van der Waals surface area contributed by atoms with E-state index in [1.54, 1.807) is 0 Å². The number of hydrogen-bond donors (Lipinski definition) is 1. The highest BCUT2D eigenvalue weighted by Gasteiger charge is 2.20. The van der Waals surface area contributed by atoms with E-state index in [1.165, 1.54) is 23.9 Å². The zero-order valence-electron chi connectivity index (χ0n) is 11.5. The molecule has 100 valence electrons. The van der Waals surface area contributed by atoms with E-state index < -0.39 is 0 Å². The number of rotatable bonds is 2. The lowest BCUT2D eigenvalue weighted by Gasteiger charge is -2.34. The topological polar surface area (TPSA) is 42.1 Å². The Kier molecular flexibility index (Phi) is 3.38. The van der Waals surface area contributed by atoms with Gasteiger partial charge in [0.05, 0.1) is 5.52 Å². The van der Waals surface area contributed by atoms with Gasteiger partial charge in [-0.3, -0.25) is 4.98 Å². The Morgan fingerprint density at radius 1 is 1.37 bits per heavy atom. The van der Waals surface area contributed by atoms with E-state index in [9.17, 15) is 0 Å². The van der Waals surface area contributed by atoms with Gasteiger partial charge in [-0.25, -0.2) is 0 Å². The van der Waals surface area contributed by atoms with Gasteiger partial charge in [-0.2, -0.15) is 0 Å². The molecule has 3 rings (SSSR count). The van der Waals surface area contributed by atoms with E-state index in [-0.39, 0.29) is 0 Å². The molecule has 0 radical (unpaired) electrons. The number of nitrogens with two attached hydrogens (primary N) is 1. The van der Waals surface area contributed by atoms with Gasteiger partial charge in [0.25, 0.3) is 0 Å². The molecule has 0 amide bonds. The van der Waals surface area contributed by atoms with E-state index in [0.717, 1.165) is 30.8 Å². The standard InChI is InChI=1S/C16H21N3/c1-12-9-16(14-6-2-3-7-15(14)18-12)19-8-4-5-13(10-17)11-19/h2-3,6-7,9,13H,4-5,8,10-11,17H2,1H3. The minimum Gasteiger partial charge on any atom is -0.371 e. The Balaban J connectivity index is 2.03. The highest BCUT2D eigenvalue weighted by atomic mass is 15.1. The summed E-state index contributed by atoms with van der Waals surface area (Å²) in [6.45, 7) is 5.06. The largest absolute Gasteiger partial charge is 0.371 e. The molecule has 0 aliphatic carbocycles. The van der Waals surface area contributed by atoms with Gasteiger partial charge < -0.3 is 10.6 Å². The molecule has 19 heavy (non-hydrogen) atoms. The van der Waals surface area contributed by atoms with Crippen molar-refractivity contribution in [3.8, 4) is 0 Å². The van der Waals surface area contributed by atoms with Crippen molar-refractivity contribution in [2.75, 3.05) is 24.5 Å². The van der Waals surface area contributed by atoms with Crippen LogP contribution in [0.5, 0.6) is 0 Å². The molecule has 1 aliphatic heterocycles. The number of anilines is 1. The van der Waals surface area contributed by atoms with Crippen molar-refractivity contribution in [3.63, 3.8) is 0 Å². The maximum atomic E-state index is 5.85. The van der Waals surface area contributed by atoms with Gasteiger partial charge in [0.1, 0.15) is 0 Å². The Labute approximate surface area is 114 Å². The van der Waals surface area contributed by atoms with Crippen LogP contribution in [0.15, 0.2) is 30.3 Å². The third kappa shape index (κ3) is 2.43. The minimum atomic E-state index is 0.626. The average molecular weight is 255 g/mol. The van der Waals surface area contributed by atoms with E-state index in [2.05, 4.69) is 47.1 Å². The number of aromatic nitrogens is 1. The number of hydrogen-bond acceptors (Lipinski definition) is 3. The molecule has 1 aromatic heterocycles. The predicted octanol–water partition coefficient (Wildman–Crippen LogP) is 2.72. The van der Waals surface area contributed by atoms with Gasteiger partial charge in [0.2, 0.25) is 0 Å². The van der Waals surface area contributed by atoms with Crippen LogP contribution in [-0.4, -0.2) is 24.6 Å². The van der Waals surface area contributed by atoms with Gasteiger partial charge in [-0.15, -0.1) is 0 Å². The summed E-state index contributed by atoms with van der Waals surface area (Å²) in [6.07, 6.45) is 2.49. The zero-order chi connectivity index (χ0) is 13.2. The quantitative estimate of drug-likeness (QED) is 0.897. The lowest BCUT2D eigenvalue weighted by molar-refractivity contribution is 0.424. The molecule has 1 fully saturated rings. The molecular formula is C16H21N3. The second-order valence-corrected chi connectivity index (χ2v) is 5.49. The van der Waals surface area contributed by atoms with Crippen LogP contribution >= 0.6 is 0 Å². The molecule has 1 unspecified atom stereocenters. The fourth-order valence-corrected chi connectivity index (χ4v) is 3.02. The lowest BCUT2D eigenvalue weighted by Crippen LogP contribution is -2.38. The molecule has 2 aromatic rings. The summed E-state index contributed by atoms with van der Waals surface area (Å²) < 4.78 is 0. The summed E-state index contributed by atoms with van der Waals surface area (Å²) in [5.74, 6) is 0.626. The van der Waals surface area contributed by atoms with Crippen molar-refractivity contribution in [2.45, 2.75) is 19.8 Å². The summed E-state index contributed by atoms with van der Waals surface area (Å²) in [4.78, 5) is 7.10. The van der Waals surface area contributed by atoms with Crippen molar-refractivity contribution in [1.82, 2.24) is 4.98 Å². The van der Waals surface area contributed by atoms with Crippen molar-refractivity contribution >= 4 is 16.6 Å². The molecule has 1 aliphatic rings. The number of nitrogens with zero attached hydrogens (tertiary/aromatic N) is 2. The Morgan fingerprint density at radius 3 is 3.05 bits per heavy atom. The fraction of sp³-hybridized carbons (Fsp3) is 0.438. The molecule has 3 heteroatoms. The molecule has 0 bridgehead atoms. The monoisotopic (exact) mass is 255 g/mol. The molecular weight excluding hydrogens is 234 g/mol. The highest BCUT2D eigenvalue weighted by Crippen LogP contribution is 2.30. The second kappa shape index (κ2) is 5.17. The molecule has 1 aromatic carbocycles. The third-order valence-electron chi connectivity index (χ3n) is 4.02. The molecule has 2 heterocycles. The van der Waals surface area contributed by atoms with Gasteiger partial charge in [-0.05, 0) is 44.4 Å². The summed E-state index contributed by atoms with van der Waals surface area (Å²) in [5.41, 5.74) is 9.34. The normalized spacial score (nSPS) is 19.9. The Morgan fingerprint density at radius 2 is 2.21 bits per heavy atom. The van der Waals surface area contributed by atoms with Crippen LogP contribution in [0.3, 0.4) is 0 Å². The van der Waals surface area contributed by atoms with Crippen LogP contribution in [0.25, 0.3) is 10.9 Å². The summed E-state index contributed by atoms with van der Waals surface area (Å²) in [6, 6.07) is 10.6. The first-order chi connectivity index (χ1) is 9.28. The van der Waals surface area contributed by atoms with Crippen LogP contribution in [0.1, 0.15) is 18.5 Å². The molecule has 1 atom stereocenters. The number of para-hydroxylation sites is 1. The zero-order valence-corrected chi connectivity index (χ0v) is 11.5. The number of piperidine rings is 1. The third-order valence-corrected chi connectivity index (χ3v) is 4.02. The smallest absolute Gasteiger partial charge is 0.0726 e. The van der Waals surface area contributed by atoms with E-state index in [4.69, 9.17) is 5.73 Å². The van der Waals surface area contributed by atoms with Gasteiger partial charge >= 0.3 is 0 Å². The molecule has 0 spiro atoms. The Bertz CT molecular complexity index is 579. The molecule has 3 nitrogen and oxygen atoms in total. The number of pyridine rings is 1. The maximum Gasteiger partial charge on any atom is 0.0726 e. The van der Waals surface area contributed by atoms with Crippen molar-refractivity contribution in [3.05, 3.63) is 36.0 Å². The summed E-state index contributed by atoms with van der Waals surface area (Å²) in [5, 5.41) is 1.26. The van der Waals surface area contributed by atoms with E-state index in [0.29, 0.717) is 5.92 Å². The van der Waals surface area contributed by atoms with Gasteiger partial charge in [0, 0.05) is 29.9 Å². The highest BCUT2D eigenvalue weighted by molar-refractivity contribution is 5.92. The SMILES string of the molecule is Cc1cc(N2CCCC(CN)C2)c2ccccc2n1. The Hall–Kier alpha value is -1.61. The predicted molar refractivity (Wildman–Crippen MR) is 80.5 cm³/mol. The molecule has 0 saturated carbocycles. The fourth-order valence-electron chi connectivity index (χ4n) is 3.02. The van der Waals surface area contributed by atoms with Gasteiger partial charge in [-0.1, -0.05) is 18.2 Å². The first-order valence-electron chi connectivity index (χ1n) is 7.09. The van der Waals surface area contributed by atoms with Crippen LogP contribution in [-0.2, 0) is 0 Å². The van der Waals surface area contributed by atoms with Crippen molar-refractivity contribution in [1.29, 1.82) is 0 Å². The number of fused-ring (bicyclic) bond motifs is 1. The first-order valence-corrected chi connectivity index (χ1v) is 7.09. The molecule has 1 saturated heterocycles. The number of benzene rings is 1. The summed E-state index contributed by atoms with van der Waals surface area (Å²) >= 11 is 0. The van der Waals surface area contributed by atoms with Crippen LogP contribution < -0.4 is 10.6 Å². The lowest BCUT2D eigenvalue weighted by atomic mass is 9.97. The minimum absolute atomic E-state index is 0.626. The van der Waals surface area contributed by atoms with E-state index >= 15 is 0 Å². The second-order valence-electron chi connectivity index (χ2n) is 5.49. The average Bonchev–Trinajstić information content (AvgIpc) is 2.46. The van der Waals surface area contributed by atoms with Crippen molar-refractivity contribution < 1.29 is 0 Å². The van der Waals surface area contributed by atoms with Crippen LogP contribution in [0.2, 0.25) is 0 Å². The van der Waals surface area contributed by atoms with Crippen LogP contribution in [0, 0.1) is 12.8 Å². The van der Waals surface area contributed by atoms with Crippen LogP contribution in [0.4, 0.5) is 5.69 Å². The first kappa shape index (κ1) is 12.4. The summed E-state index contributed by atoms with van der Waals surface area (Å²) in [7, 11) is 0. The van der Waals surface area contributed by atoms with Crippen molar-refractivity contribution in [2.24, 2.45) is 11.7 Å². The van der Waals surface area contributed by atoms with Gasteiger partial charge in [0.15, 0.2) is 0 Å². The van der Waals surface area contributed by atoms with E-state index in [1.807, 2.05) is 0 Å². The maximum absolute atomic E-state index is 5.85. The number of aryl methyl sites for hydroxylation is 1. The molecule has 2 N–H and O–H groups in total.